The number of phenolic OH excluding ortho intramolecular Hbond substituents is 1. The van der Waals surface area contributed by atoms with Crippen molar-refractivity contribution in [2.24, 2.45) is 5.73 Å². The van der Waals surface area contributed by atoms with Gasteiger partial charge < -0.3 is 20.8 Å². The number of halogens is 2. The first kappa shape index (κ1) is 23.5. The van der Waals surface area contributed by atoms with Gasteiger partial charge in [0.05, 0.1) is 0 Å². The number of aliphatic carboxylic acids is 1. The van der Waals surface area contributed by atoms with Gasteiger partial charge in [0, 0.05) is 13.5 Å². The topological polar surface area (TPSA) is 104 Å². The molecule has 0 saturated heterocycles. The molecule has 0 spiro atoms. The number of unbranched alkanes of at least 4 members (excludes halogenated alkanes) is 5. The number of benzene rings is 1. The number of phenols is 1. The molecule has 4 N–H and O–H groups in total. The zero-order chi connectivity index (χ0) is 20.4. The molecule has 6 nitrogen and oxygen atoms in total. The van der Waals surface area contributed by atoms with Gasteiger partial charge in [0.2, 0.25) is 10.9 Å². The predicted octanol–water partition coefficient (Wildman–Crippen LogP) is 3.84. The summed E-state index contributed by atoms with van der Waals surface area (Å²) in [7, 11) is 0. The number of aromatic hydroxyl groups is 1. The highest BCUT2D eigenvalue weighted by atomic mass is 35.5. The fourth-order valence-electron chi connectivity index (χ4n) is 2.90. The summed E-state index contributed by atoms with van der Waals surface area (Å²) in [4.78, 5) is 23.1. The number of carbonyl (C=O) groups excluding carboxylic acids is 1. The SMILES string of the molecule is CC(=O)N(CCCCCCCCN)[C@](Cl)(C(=O)O)C(Cl)c1ccc(O)cc1. The van der Waals surface area contributed by atoms with Crippen molar-refractivity contribution in [3.63, 3.8) is 0 Å². The summed E-state index contributed by atoms with van der Waals surface area (Å²) < 4.78 is 0. The fraction of sp³-hybridized carbons (Fsp3) is 0.579. The lowest BCUT2D eigenvalue weighted by Crippen LogP contribution is -2.55. The number of amides is 1. The molecule has 27 heavy (non-hydrogen) atoms. The third-order valence-corrected chi connectivity index (χ3v) is 5.69. The van der Waals surface area contributed by atoms with E-state index in [0.717, 1.165) is 37.0 Å². The highest BCUT2D eigenvalue weighted by molar-refractivity contribution is 6.40. The van der Waals surface area contributed by atoms with Crippen molar-refractivity contribution in [3.05, 3.63) is 29.8 Å². The van der Waals surface area contributed by atoms with Gasteiger partial charge in [-0.15, -0.1) is 11.6 Å². The van der Waals surface area contributed by atoms with Crippen LogP contribution in [-0.4, -0.2) is 45.1 Å². The molecule has 2 atom stereocenters. The number of hydrogen-bond acceptors (Lipinski definition) is 4. The molecule has 0 aliphatic rings. The first-order valence-corrected chi connectivity index (χ1v) is 9.90. The molecule has 0 aromatic heterocycles. The molecular weight excluding hydrogens is 391 g/mol. The van der Waals surface area contributed by atoms with Gasteiger partial charge in [-0.05, 0) is 37.1 Å². The number of nitrogens with two attached hydrogens (primary N) is 1. The number of nitrogens with zero attached hydrogens (tertiary/aromatic N) is 1. The quantitative estimate of drug-likeness (QED) is 0.271. The van der Waals surface area contributed by atoms with E-state index in [1.807, 2.05) is 0 Å². The second-order valence-corrected chi connectivity index (χ2v) is 7.53. The average Bonchev–Trinajstić information content (AvgIpc) is 2.63. The van der Waals surface area contributed by atoms with E-state index in [2.05, 4.69) is 0 Å². The lowest BCUT2D eigenvalue weighted by atomic mass is 10.0. The van der Waals surface area contributed by atoms with Gasteiger partial charge in [0.1, 0.15) is 11.1 Å². The molecule has 0 aliphatic carbocycles. The molecule has 0 heterocycles. The van der Waals surface area contributed by atoms with Crippen LogP contribution in [0.25, 0.3) is 0 Å². The Morgan fingerprint density at radius 1 is 1.11 bits per heavy atom. The van der Waals surface area contributed by atoms with Gasteiger partial charge in [-0.2, -0.15) is 0 Å². The third-order valence-electron chi connectivity index (χ3n) is 4.43. The Morgan fingerprint density at radius 2 is 1.63 bits per heavy atom. The van der Waals surface area contributed by atoms with Crippen molar-refractivity contribution in [1.29, 1.82) is 0 Å². The summed E-state index contributed by atoms with van der Waals surface area (Å²) in [6.45, 7) is 2.16. The number of carbonyl (C=O) groups is 2. The molecule has 1 rings (SSSR count). The minimum absolute atomic E-state index is 0.0242. The van der Waals surface area contributed by atoms with Crippen molar-refractivity contribution in [1.82, 2.24) is 4.90 Å². The van der Waals surface area contributed by atoms with E-state index in [-0.39, 0.29) is 12.3 Å². The maximum atomic E-state index is 12.2. The number of carboxylic acids is 1. The molecule has 0 fully saturated rings. The van der Waals surface area contributed by atoms with E-state index in [1.54, 1.807) is 0 Å². The number of hydrogen-bond donors (Lipinski definition) is 3. The number of carboxylic acid groups (broad SMARTS) is 1. The minimum atomic E-state index is -2.12. The highest BCUT2D eigenvalue weighted by Gasteiger charge is 2.50. The van der Waals surface area contributed by atoms with Gasteiger partial charge in [0.15, 0.2) is 0 Å². The first-order chi connectivity index (χ1) is 12.7. The zero-order valence-electron chi connectivity index (χ0n) is 15.5. The van der Waals surface area contributed by atoms with Crippen LogP contribution in [0, 0.1) is 0 Å². The van der Waals surface area contributed by atoms with E-state index in [9.17, 15) is 19.8 Å². The van der Waals surface area contributed by atoms with Gasteiger partial charge in [-0.1, -0.05) is 49.4 Å². The minimum Gasteiger partial charge on any atom is -0.508 e. The van der Waals surface area contributed by atoms with Crippen molar-refractivity contribution < 1.29 is 19.8 Å². The Bertz CT molecular complexity index is 612. The van der Waals surface area contributed by atoms with Crippen LogP contribution in [-0.2, 0) is 9.59 Å². The smallest absolute Gasteiger partial charge is 0.347 e. The van der Waals surface area contributed by atoms with E-state index in [4.69, 9.17) is 28.9 Å². The maximum absolute atomic E-state index is 12.2. The molecule has 1 aromatic rings. The van der Waals surface area contributed by atoms with Crippen LogP contribution in [0.15, 0.2) is 24.3 Å². The molecule has 0 saturated carbocycles. The lowest BCUT2D eigenvalue weighted by molar-refractivity contribution is -0.152. The molecular formula is C19H28Cl2N2O4. The van der Waals surface area contributed by atoms with Gasteiger partial charge >= 0.3 is 5.97 Å². The standard InChI is InChI=1S/C19H28Cl2N2O4/c1-14(24)23(13-7-5-3-2-4-6-12-22)19(21,18(26)27)17(20)15-8-10-16(25)11-9-15/h8-11,17,25H,2-7,12-13,22H2,1H3,(H,26,27)/t17?,19-/m0/s1. The van der Waals surface area contributed by atoms with Crippen LogP contribution >= 0.6 is 23.2 Å². The normalized spacial score (nSPS) is 14.4. The summed E-state index contributed by atoms with van der Waals surface area (Å²) in [5.74, 6) is -1.83. The molecule has 1 aromatic carbocycles. The van der Waals surface area contributed by atoms with Crippen LogP contribution in [0.3, 0.4) is 0 Å². The summed E-state index contributed by atoms with van der Waals surface area (Å²) >= 11 is 12.8. The average molecular weight is 419 g/mol. The van der Waals surface area contributed by atoms with Crippen molar-refractivity contribution in [2.75, 3.05) is 13.1 Å². The van der Waals surface area contributed by atoms with Crippen molar-refractivity contribution in [3.8, 4) is 5.75 Å². The fourth-order valence-corrected chi connectivity index (χ4v) is 3.58. The second-order valence-electron chi connectivity index (χ2n) is 6.51. The Kier molecular flexibility index (Phi) is 9.91. The molecule has 1 unspecified atom stereocenters. The summed E-state index contributed by atoms with van der Waals surface area (Å²) in [6, 6.07) is 5.76. The largest absolute Gasteiger partial charge is 0.508 e. The summed E-state index contributed by atoms with van der Waals surface area (Å²) in [6.07, 6.45) is 5.57. The molecule has 152 valence electrons. The number of rotatable bonds is 12. The molecule has 0 radical (unpaired) electrons. The zero-order valence-corrected chi connectivity index (χ0v) is 17.0. The van der Waals surface area contributed by atoms with E-state index < -0.39 is 22.3 Å². The Balaban J connectivity index is 2.86. The second kappa shape index (κ2) is 11.4. The van der Waals surface area contributed by atoms with E-state index in [1.165, 1.54) is 31.2 Å². The molecule has 1 amide bonds. The van der Waals surface area contributed by atoms with Crippen LogP contribution in [0.5, 0.6) is 5.75 Å². The van der Waals surface area contributed by atoms with Crippen LogP contribution in [0.1, 0.15) is 56.4 Å². The third kappa shape index (κ3) is 6.55. The van der Waals surface area contributed by atoms with Crippen molar-refractivity contribution >= 4 is 35.1 Å². The van der Waals surface area contributed by atoms with Crippen molar-refractivity contribution in [2.45, 2.75) is 55.8 Å². The predicted molar refractivity (Wildman–Crippen MR) is 107 cm³/mol. The van der Waals surface area contributed by atoms with E-state index >= 15 is 0 Å². The highest BCUT2D eigenvalue weighted by Crippen LogP contribution is 2.41. The van der Waals surface area contributed by atoms with Crippen LogP contribution in [0.2, 0.25) is 0 Å². The van der Waals surface area contributed by atoms with E-state index in [0.29, 0.717) is 18.5 Å². The summed E-state index contributed by atoms with van der Waals surface area (Å²) in [5.41, 5.74) is 5.87. The van der Waals surface area contributed by atoms with Crippen LogP contribution < -0.4 is 5.73 Å². The molecule has 0 aliphatic heterocycles. The molecule has 8 heteroatoms. The summed E-state index contributed by atoms with van der Waals surface area (Å²) in [5, 5.41) is 18.0. The lowest BCUT2D eigenvalue weighted by Gasteiger charge is -2.38. The Labute approximate surface area is 170 Å². The maximum Gasteiger partial charge on any atom is 0.347 e. The van der Waals surface area contributed by atoms with Gasteiger partial charge in [0.25, 0.3) is 0 Å². The first-order valence-electron chi connectivity index (χ1n) is 9.08. The van der Waals surface area contributed by atoms with Crippen LogP contribution in [0.4, 0.5) is 0 Å². The molecule has 0 bridgehead atoms. The monoisotopic (exact) mass is 418 g/mol. The Morgan fingerprint density at radius 3 is 2.11 bits per heavy atom. The number of alkyl halides is 2. The Hall–Kier alpha value is -1.50. The van der Waals surface area contributed by atoms with Gasteiger partial charge in [-0.25, -0.2) is 4.79 Å². The van der Waals surface area contributed by atoms with Gasteiger partial charge in [-0.3, -0.25) is 4.79 Å².